The van der Waals surface area contributed by atoms with Gasteiger partial charge in [0.15, 0.2) is 0 Å². The molecular formula is C19H18N6S. The summed E-state index contributed by atoms with van der Waals surface area (Å²) in [6.45, 7) is 0.847. The third kappa shape index (κ3) is 3.31. The first-order valence-corrected chi connectivity index (χ1v) is 8.81. The van der Waals surface area contributed by atoms with Crippen molar-refractivity contribution in [3.05, 3.63) is 46.6 Å². The summed E-state index contributed by atoms with van der Waals surface area (Å²) in [6.07, 6.45) is 1.82. The molecule has 26 heavy (non-hydrogen) atoms. The number of nitriles is 2. The molecule has 0 radical (unpaired) electrons. The third-order valence-electron chi connectivity index (χ3n) is 3.99. The minimum atomic E-state index is 0.199. The fourth-order valence-electron chi connectivity index (χ4n) is 2.82. The number of thiophene rings is 1. The maximum atomic E-state index is 9.51. The Balaban J connectivity index is 2.12. The van der Waals surface area contributed by atoms with Crippen LogP contribution in [0.15, 0.2) is 29.8 Å². The molecule has 0 bridgehead atoms. The Labute approximate surface area is 156 Å². The van der Waals surface area contributed by atoms with Gasteiger partial charge in [-0.1, -0.05) is 0 Å². The highest BCUT2D eigenvalue weighted by Crippen LogP contribution is 2.34. The highest BCUT2D eigenvalue weighted by molar-refractivity contribution is 7.13. The Morgan fingerprint density at radius 1 is 1.23 bits per heavy atom. The van der Waals surface area contributed by atoms with Crippen molar-refractivity contribution in [3.8, 4) is 33.8 Å². The summed E-state index contributed by atoms with van der Waals surface area (Å²) in [4.78, 5) is 7.52. The molecule has 0 aromatic carbocycles. The van der Waals surface area contributed by atoms with Crippen LogP contribution in [0.5, 0.6) is 0 Å². The fourth-order valence-corrected chi connectivity index (χ4v) is 3.68. The zero-order chi connectivity index (χ0) is 18.8. The highest BCUT2D eigenvalue weighted by atomic mass is 32.1. The molecule has 7 heteroatoms. The first kappa shape index (κ1) is 17.7. The van der Waals surface area contributed by atoms with E-state index in [1.54, 1.807) is 29.0 Å². The van der Waals surface area contributed by atoms with Crippen LogP contribution in [0.1, 0.15) is 16.8 Å². The average molecular weight is 362 g/mol. The van der Waals surface area contributed by atoms with Crippen LogP contribution in [0.2, 0.25) is 0 Å². The Morgan fingerprint density at radius 2 is 2.00 bits per heavy atom. The molecule has 3 aromatic rings. The van der Waals surface area contributed by atoms with Crippen LogP contribution in [0.25, 0.3) is 21.7 Å². The second kappa shape index (κ2) is 7.01. The summed E-state index contributed by atoms with van der Waals surface area (Å²) in [5.74, 6) is 0.199. The van der Waals surface area contributed by atoms with Gasteiger partial charge in [-0.2, -0.15) is 10.5 Å². The van der Waals surface area contributed by atoms with E-state index < -0.39 is 0 Å². The lowest BCUT2D eigenvalue weighted by atomic mass is 10.0. The van der Waals surface area contributed by atoms with Gasteiger partial charge in [-0.25, -0.2) is 4.98 Å². The van der Waals surface area contributed by atoms with Crippen LogP contribution in [0.3, 0.4) is 0 Å². The lowest BCUT2D eigenvalue weighted by molar-refractivity contribution is 0.403. The molecule has 0 amide bonds. The third-order valence-corrected chi connectivity index (χ3v) is 5.00. The zero-order valence-corrected chi connectivity index (χ0v) is 15.6. The number of rotatable bonds is 4. The van der Waals surface area contributed by atoms with E-state index in [1.807, 2.05) is 26.4 Å². The average Bonchev–Trinajstić information content (AvgIpc) is 3.20. The number of nitrogens with two attached hydrogens (primary N) is 1. The largest absolute Gasteiger partial charge is 0.383 e. The molecule has 0 aliphatic rings. The first-order valence-electron chi connectivity index (χ1n) is 7.93. The Hall–Kier alpha value is -3.13. The van der Waals surface area contributed by atoms with Crippen molar-refractivity contribution in [1.82, 2.24) is 14.5 Å². The van der Waals surface area contributed by atoms with E-state index in [2.05, 4.69) is 33.5 Å². The number of nitrogens with zero attached hydrogens (tertiary/aromatic N) is 5. The van der Waals surface area contributed by atoms with Gasteiger partial charge >= 0.3 is 0 Å². The molecule has 0 saturated heterocycles. The molecule has 0 spiro atoms. The van der Waals surface area contributed by atoms with Crippen LogP contribution in [0, 0.1) is 22.7 Å². The van der Waals surface area contributed by atoms with E-state index in [1.165, 1.54) is 5.56 Å². The minimum Gasteiger partial charge on any atom is -0.383 e. The van der Waals surface area contributed by atoms with E-state index in [-0.39, 0.29) is 5.82 Å². The van der Waals surface area contributed by atoms with Crippen molar-refractivity contribution in [2.75, 3.05) is 19.8 Å². The van der Waals surface area contributed by atoms with Gasteiger partial charge in [0.2, 0.25) is 0 Å². The van der Waals surface area contributed by atoms with Crippen LogP contribution in [-0.4, -0.2) is 28.5 Å². The van der Waals surface area contributed by atoms with E-state index in [0.29, 0.717) is 16.8 Å². The van der Waals surface area contributed by atoms with Gasteiger partial charge in [-0.3, -0.25) is 0 Å². The lowest BCUT2D eigenvalue weighted by Crippen LogP contribution is -2.09. The van der Waals surface area contributed by atoms with Crippen LogP contribution in [0.4, 0.5) is 5.82 Å². The maximum absolute atomic E-state index is 9.51. The fraction of sp³-hybridized carbons (Fsp3) is 0.211. The summed E-state index contributed by atoms with van der Waals surface area (Å²) >= 11 is 1.60. The minimum absolute atomic E-state index is 0.199. The molecule has 2 N–H and O–H groups in total. The van der Waals surface area contributed by atoms with Crippen molar-refractivity contribution in [2.45, 2.75) is 6.54 Å². The molecule has 0 unspecified atom stereocenters. The standard InChI is InChI=1S/C19H18N6S/c1-24(2)9-12-4-18(26-11-12)17-6-15(16(8-21)19(22)23-17)13-5-14(7-20)25(3)10-13/h4-6,10-11H,9H2,1-3H3,(H2,22,23). The molecule has 0 aliphatic carbocycles. The number of hydrogen-bond donors (Lipinski definition) is 1. The molecule has 3 aromatic heterocycles. The first-order chi connectivity index (χ1) is 12.4. The van der Waals surface area contributed by atoms with E-state index >= 15 is 0 Å². The van der Waals surface area contributed by atoms with Crippen LogP contribution < -0.4 is 5.73 Å². The number of aryl methyl sites for hydroxylation is 1. The van der Waals surface area contributed by atoms with E-state index in [9.17, 15) is 10.5 Å². The molecule has 6 nitrogen and oxygen atoms in total. The molecule has 130 valence electrons. The number of hydrogen-bond acceptors (Lipinski definition) is 6. The second-order valence-electron chi connectivity index (χ2n) is 6.32. The Morgan fingerprint density at radius 3 is 2.62 bits per heavy atom. The number of pyridine rings is 1. The number of nitrogen functional groups attached to an aromatic ring is 1. The highest BCUT2D eigenvalue weighted by Gasteiger charge is 2.16. The van der Waals surface area contributed by atoms with Crippen molar-refractivity contribution in [3.63, 3.8) is 0 Å². The van der Waals surface area contributed by atoms with Gasteiger partial charge in [0.25, 0.3) is 0 Å². The molecule has 3 rings (SSSR count). The normalized spacial score (nSPS) is 10.7. The SMILES string of the molecule is CN(C)Cc1csc(-c2cc(-c3cc(C#N)n(C)c3)c(C#N)c(N)n2)c1. The van der Waals surface area contributed by atoms with Crippen molar-refractivity contribution in [1.29, 1.82) is 10.5 Å². The number of aromatic nitrogens is 2. The smallest absolute Gasteiger partial charge is 0.142 e. The molecule has 3 heterocycles. The zero-order valence-electron chi connectivity index (χ0n) is 14.8. The summed E-state index contributed by atoms with van der Waals surface area (Å²) in [5.41, 5.74) is 10.3. The summed E-state index contributed by atoms with van der Waals surface area (Å²) < 4.78 is 1.73. The van der Waals surface area contributed by atoms with E-state index in [4.69, 9.17) is 5.73 Å². The Kier molecular flexibility index (Phi) is 4.77. The van der Waals surface area contributed by atoms with Crippen molar-refractivity contribution in [2.24, 2.45) is 7.05 Å². The van der Waals surface area contributed by atoms with Gasteiger partial charge < -0.3 is 15.2 Å². The second-order valence-corrected chi connectivity index (χ2v) is 7.23. The van der Waals surface area contributed by atoms with Crippen molar-refractivity contribution >= 4 is 17.2 Å². The summed E-state index contributed by atoms with van der Waals surface area (Å²) in [7, 11) is 5.84. The molecule has 0 fully saturated rings. The van der Waals surface area contributed by atoms with Crippen LogP contribution in [-0.2, 0) is 13.6 Å². The van der Waals surface area contributed by atoms with Crippen LogP contribution >= 0.6 is 11.3 Å². The van der Waals surface area contributed by atoms with Gasteiger partial charge in [-0.15, -0.1) is 11.3 Å². The molecule has 0 saturated carbocycles. The summed E-state index contributed by atoms with van der Waals surface area (Å²) in [5, 5.41) is 20.8. The van der Waals surface area contributed by atoms with Gasteiger partial charge in [0.1, 0.15) is 29.2 Å². The number of anilines is 1. The topological polar surface area (TPSA) is 94.7 Å². The maximum Gasteiger partial charge on any atom is 0.142 e. The summed E-state index contributed by atoms with van der Waals surface area (Å²) in [6, 6.07) is 9.99. The predicted molar refractivity (Wildman–Crippen MR) is 103 cm³/mol. The molecule has 0 atom stereocenters. The van der Waals surface area contributed by atoms with Gasteiger partial charge in [0.05, 0.1) is 10.6 Å². The van der Waals surface area contributed by atoms with Crippen molar-refractivity contribution < 1.29 is 0 Å². The quantitative estimate of drug-likeness (QED) is 0.769. The molecule has 0 aliphatic heterocycles. The molecular weight excluding hydrogens is 344 g/mol. The monoisotopic (exact) mass is 362 g/mol. The lowest BCUT2D eigenvalue weighted by Gasteiger charge is -2.08. The van der Waals surface area contributed by atoms with E-state index in [0.717, 1.165) is 22.7 Å². The van der Waals surface area contributed by atoms with Gasteiger partial charge in [-0.05, 0) is 43.2 Å². The van der Waals surface area contributed by atoms with Gasteiger partial charge in [0, 0.05) is 30.9 Å². The predicted octanol–water partition coefficient (Wildman–Crippen LogP) is 3.20. The Bertz CT molecular complexity index is 1050.